The van der Waals surface area contributed by atoms with Gasteiger partial charge in [-0.2, -0.15) is 13.2 Å². The molecule has 0 spiro atoms. The molecule has 28 heavy (non-hydrogen) atoms. The molecular weight excluding hydrogens is 369 g/mol. The molecule has 1 aromatic carbocycles. The highest BCUT2D eigenvalue weighted by atomic mass is 19.4. The van der Waals surface area contributed by atoms with E-state index in [1.807, 2.05) is 32.9 Å². The first-order valence-electron chi connectivity index (χ1n) is 9.49. The van der Waals surface area contributed by atoms with Gasteiger partial charge in [-0.15, -0.1) is 0 Å². The first-order valence-corrected chi connectivity index (χ1v) is 9.49. The van der Waals surface area contributed by atoms with E-state index in [1.165, 1.54) is 12.1 Å². The third kappa shape index (κ3) is 7.48. The van der Waals surface area contributed by atoms with Crippen molar-refractivity contribution in [2.75, 3.05) is 19.7 Å². The molecule has 0 amide bonds. The fraction of sp³-hybridized carbons (Fsp3) is 0.476. The summed E-state index contributed by atoms with van der Waals surface area (Å²) < 4.78 is 42.3. The van der Waals surface area contributed by atoms with Gasteiger partial charge in [-0.05, 0) is 62.7 Å². The van der Waals surface area contributed by atoms with Gasteiger partial charge in [-0.3, -0.25) is 4.98 Å². The fourth-order valence-electron chi connectivity index (χ4n) is 2.70. The molecule has 7 heteroatoms. The van der Waals surface area contributed by atoms with Gasteiger partial charge in [-0.25, -0.2) is 0 Å². The summed E-state index contributed by atoms with van der Waals surface area (Å²) >= 11 is 0. The number of nitrogens with one attached hydrogen (secondary N) is 1. The molecule has 0 saturated carbocycles. The Labute approximate surface area is 164 Å². The van der Waals surface area contributed by atoms with Gasteiger partial charge in [0.2, 0.25) is 0 Å². The Morgan fingerprint density at radius 1 is 1.11 bits per heavy atom. The van der Waals surface area contributed by atoms with E-state index < -0.39 is 17.3 Å². The summed E-state index contributed by atoms with van der Waals surface area (Å²) in [6.45, 7) is 8.01. The lowest BCUT2D eigenvalue weighted by molar-refractivity contribution is -0.137. The number of benzene rings is 1. The maximum atomic E-state index is 12.4. The molecule has 2 aromatic rings. The average Bonchev–Trinajstić information content (AvgIpc) is 2.71. The number of aliphatic hydroxyl groups is 1. The van der Waals surface area contributed by atoms with Crippen molar-refractivity contribution in [1.82, 2.24) is 10.3 Å². The highest BCUT2D eigenvalue weighted by molar-refractivity contribution is 5.29. The zero-order valence-electron chi connectivity index (χ0n) is 16.6. The second-order valence-electron chi connectivity index (χ2n) is 5.98. The Kier molecular flexibility index (Phi) is 9.96. The maximum absolute atomic E-state index is 12.4. The quantitative estimate of drug-likeness (QED) is 0.781. The van der Waals surface area contributed by atoms with Gasteiger partial charge in [-0.1, -0.05) is 26.0 Å². The van der Waals surface area contributed by atoms with E-state index >= 15 is 0 Å². The summed E-state index contributed by atoms with van der Waals surface area (Å²) in [7, 11) is 0. The van der Waals surface area contributed by atoms with Crippen LogP contribution < -0.4 is 10.1 Å². The predicted octanol–water partition coefficient (Wildman–Crippen LogP) is 4.78. The number of halogens is 3. The first kappa shape index (κ1) is 23.9. The minimum atomic E-state index is -4.32. The minimum absolute atomic E-state index is 0.526. The molecule has 156 valence electrons. The van der Waals surface area contributed by atoms with Crippen molar-refractivity contribution < 1.29 is 23.0 Å². The smallest absolute Gasteiger partial charge is 0.416 e. The Morgan fingerprint density at radius 2 is 1.71 bits per heavy atom. The number of ether oxygens (including phenoxy) is 1. The number of piperidine rings is 1. The Hall–Kier alpha value is -2.12. The van der Waals surface area contributed by atoms with Gasteiger partial charge in [0.1, 0.15) is 5.75 Å². The fourth-order valence-corrected chi connectivity index (χ4v) is 2.70. The summed E-state index contributed by atoms with van der Waals surface area (Å²) in [5.41, 5.74) is -1.11. The molecule has 2 N–H and O–H groups in total. The normalized spacial score (nSPS) is 15.4. The highest BCUT2D eigenvalue weighted by Gasteiger charge is 2.33. The number of aromatic nitrogens is 1. The van der Waals surface area contributed by atoms with Crippen LogP contribution in [0.25, 0.3) is 0 Å². The number of nitrogens with zero attached hydrogens (tertiary/aromatic N) is 1. The van der Waals surface area contributed by atoms with Crippen molar-refractivity contribution in [2.24, 2.45) is 0 Å². The van der Waals surface area contributed by atoms with E-state index in [0.29, 0.717) is 38.1 Å². The molecule has 1 saturated heterocycles. The van der Waals surface area contributed by atoms with Crippen molar-refractivity contribution in [3.8, 4) is 5.75 Å². The average molecular weight is 398 g/mol. The second-order valence-corrected chi connectivity index (χ2v) is 5.98. The van der Waals surface area contributed by atoms with Crippen molar-refractivity contribution in [2.45, 2.75) is 45.4 Å². The first-order chi connectivity index (χ1) is 13.3. The molecule has 1 aromatic heterocycles. The molecule has 0 atom stereocenters. The third-order valence-corrected chi connectivity index (χ3v) is 4.13. The van der Waals surface area contributed by atoms with Gasteiger partial charge < -0.3 is 15.2 Å². The van der Waals surface area contributed by atoms with Crippen LogP contribution in [0.15, 0.2) is 48.8 Å². The van der Waals surface area contributed by atoms with E-state index in [9.17, 15) is 18.3 Å². The molecule has 2 heterocycles. The molecule has 4 nitrogen and oxygen atoms in total. The molecule has 0 unspecified atom stereocenters. The van der Waals surface area contributed by atoms with Crippen molar-refractivity contribution in [3.05, 3.63) is 59.9 Å². The Morgan fingerprint density at radius 3 is 2.18 bits per heavy atom. The van der Waals surface area contributed by atoms with Gasteiger partial charge >= 0.3 is 6.18 Å². The molecule has 1 fully saturated rings. The molecule has 3 rings (SSSR count). The van der Waals surface area contributed by atoms with Crippen LogP contribution in [0, 0.1) is 0 Å². The summed E-state index contributed by atoms with van der Waals surface area (Å²) in [4.78, 5) is 3.88. The van der Waals surface area contributed by atoms with Crippen LogP contribution in [-0.4, -0.2) is 29.8 Å². The molecule has 1 aliphatic rings. The number of rotatable bonds is 3. The minimum Gasteiger partial charge on any atom is -0.492 e. The zero-order valence-corrected chi connectivity index (χ0v) is 16.6. The topological polar surface area (TPSA) is 54.4 Å². The molecule has 0 aliphatic carbocycles. The van der Waals surface area contributed by atoms with Crippen LogP contribution in [0.2, 0.25) is 0 Å². The van der Waals surface area contributed by atoms with Crippen molar-refractivity contribution >= 4 is 0 Å². The lowest BCUT2D eigenvalue weighted by Crippen LogP contribution is -2.39. The summed E-state index contributed by atoms with van der Waals surface area (Å²) in [6, 6.07) is 8.52. The SMILES string of the molecule is CC.CCOc1cccnc1.OC1(c2ccc(C(F)(F)F)cc2)CCNCC1. The zero-order chi connectivity index (χ0) is 21.0. The summed E-state index contributed by atoms with van der Waals surface area (Å²) in [6.07, 6.45) is 0.151. The van der Waals surface area contributed by atoms with Gasteiger partial charge in [0, 0.05) is 6.20 Å². The second kappa shape index (κ2) is 11.7. The van der Waals surface area contributed by atoms with Gasteiger partial charge in [0.25, 0.3) is 0 Å². The summed E-state index contributed by atoms with van der Waals surface area (Å²) in [5, 5.41) is 13.4. The van der Waals surface area contributed by atoms with Crippen LogP contribution in [-0.2, 0) is 11.8 Å². The summed E-state index contributed by atoms with van der Waals surface area (Å²) in [5.74, 6) is 0.833. The van der Waals surface area contributed by atoms with Crippen molar-refractivity contribution in [3.63, 3.8) is 0 Å². The highest BCUT2D eigenvalue weighted by Crippen LogP contribution is 2.34. The molecule has 1 aliphatic heterocycles. The lowest BCUT2D eigenvalue weighted by atomic mass is 9.85. The van der Waals surface area contributed by atoms with Crippen LogP contribution in [0.3, 0.4) is 0 Å². The van der Waals surface area contributed by atoms with Crippen LogP contribution in [0.4, 0.5) is 13.2 Å². The van der Waals surface area contributed by atoms with Crippen LogP contribution in [0.5, 0.6) is 5.75 Å². The van der Waals surface area contributed by atoms with E-state index in [4.69, 9.17) is 4.74 Å². The monoisotopic (exact) mass is 398 g/mol. The number of hydrogen-bond donors (Lipinski definition) is 2. The molecule has 0 bridgehead atoms. The third-order valence-electron chi connectivity index (χ3n) is 4.13. The van der Waals surface area contributed by atoms with E-state index in [0.717, 1.165) is 17.9 Å². The van der Waals surface area contributed by atoms with Crippen LogP contribution in [0.1, 0.15) is 44.7 Å². The van der Waals surface area contributed by atoms with E-state index in [1.54, 1.807) is 12.4 Å². The van der Waals surface area contributed by atoms with Crippen molar-refractivity contribution in [1.29, 1.82) is 0 Å². The Balaban J connectivity index is 0.000000301. The molecular formula is C21H29F3N2O2. The number of hydrogen-bond acceptors (Lipinski definition) is 4. The van der Waals surface area contributed by atoms with Crippen LogP contribution >= 0.6 is 0 Å². The Bertz CT molecular complexity index is 656. The number of alkyl halides is 3. The predicted molar refractivity (Wildman–Crippen MR) is 104 cm³/mol. The largest absolute Gasteiger partial charge is 0.492 e. The van der Waals surface area contributed by atoms with Gasteiger partial charge in [0.15, 0.2) is 0 Å². The lowest BCUT2D eigenvalue weighted by Gasteiger charge is -2.33. The maximum Gasteiger partial charge on any atom is 0.416 e. The molecule has 0 radical (unpaired) electrons. The number of pyridine rings is 1. The van der Waals surface area contributed by atoms with E-state index in [-0.39, 0.29) is 0 Å². The van der Waals surface area contributed by atoms with Gasteiger partial charge in [0.05, 0.1) is 24.0 Å². The standard InChI is InChI=1S/C12H14F3NO.C7H9NO.C2H6/c13-12(14,15)10-3-1-9(2-4-10)11(17)5-7-16-8-6-11;1-2-9-7-4-3-5-8-6-7;1-2/h1-4,16-17H,5-8H2;3-6H,2H2,1H3;1-2H3. The van der Waals surface area contributed by atoms with E-state index in [2.05, 4.69) is 10.3 Å².